The zero-order chi connectivity index (χ0) is 5.82. The maximum atomic E-state index is 10.4. The Morgan fingerprint density at radius 1 is 1.75 bits per heavy atom. The lowest BCUT2D eigenvalue weighted by Gasteiger charge is -1.92. The Balaban J connectivity index is 2.27. The highest BCUT2D eigenvalue weighted by atomic mass is 16.5. The van der Waals surface area contributed by atoms with E-state index in [1.54, 1.807) is 0 Å². The van der Waals surface area contributed by atoms with Gasteiger partial charge in [-0.15, -0.1) is 0 Å². The molecule has 0 bridgehead atoms. The van der Waals surface area contributed by atoms with Gasteiger partial charge in [0.25, 0.3) is 0 Å². The molecule has 1 aliphatic rings. The summed E-state index contributed by atoms with van der Waals surface area (Å²) in [6.07, 6.45) is 0.483. The average Bonchev–Trinajstić information content (AvgIpc) is 1.94. The molecule has 1 fully saturated rings. The monoisotopic (exact) mass is 114 g/mol. The van der Waals surface area contributed by atoms with Gasteiger partial charge in [0.15, 0.2) is 6.61 Å². The van der Waals surface area contributed by atoms with Gasteiger partial charge >= 0.3 is 5.97 Å². The first-order valence-corrected chi connectivity index (χ1v) is 2.61. The highest BCUT2D eigenvalue weighted by Gasteiger charge is 2.05. The van der Waals surface area contributed by atoms with E-state index in [2.05, 4.69) is 10.1 Å². The van der Waals surface area contributed by atoms with Gasteiger partial charge in [-0.1, -0.05) is 0 Å². The van der Waals surface area contributed by atoms with Crippen molar-refractivity contribution in [3.05, 3.63) is 6.61 Å². The SMILES string of the molecule is O=C1CCNC[CH]O1. The van der Waals surface area contributed by atoms with E-state index in [0.29, 0.717) is 13.0 Å². The molecule has 45 valence electrons. The molecule has 0 saturated carbocycles. The number of carbonyl (C=O) groups is 1. The van der Waals surface area contributed by atoms with Gasteiger partial charge in [0, 0.05) is 13.1 Å². The summed E-state index contributed by atoms with van der Waals surface area (Å²) in [7, 11) is 0. The number of cyclic esters (lactones) is 1. The molecule has 0 aromatic heterocycles. The fourth-order valence-electron chi connectivity index (χ4n) is 0.545. The molecule has 0 aromatic carbocycles. The Morgan fingerprint density at radius 3 is 3.50 bits per heavy atom. The minimum absolute atomic E-state index is 0.144. The normalized spacial score (nSPS) is 21.8. The Labute approximate surface area is 48.0 Å². The highest BCUT2D eigenvalue weighted by molar-refractivity contribution is 5.70. The minimum Gasteiger partial charge on any atom is -0.457 e. The number of rotatable bonds is 0. The molecule has 1 saturated heterocycles. The molecule has 1 N–H and O–H groups in total. The van der Waals surface area contributed by atoms with Gasteiger partial charge in [-0.25, -0.2) is 0 Å². The summed E-state index contributed by atoms with van der Waals surface area (Å²) in [5, 5.41) is 2.98. The Bertz CT molecular complexity index is 82.4. The van der Waals surface area contributed by atoms with Crippen LogP contribution in [-0.4, -0.2) is 19.1 Å². The van der Waals surface area contributed by atoms with Gasteiger partial charge in [0.1, 0.15) is 0 Å². The zero-order valence-electron chi connectivity index (χ0n) is 4.52. The lowest BCUT2D eigenvalue weighted by atomic mass is 10.4. The van der Waals surface area contributed by atoms with E-state index in [-0.39, 0.29) is 5.97 Å². The van der Waals surface area contributed by atoms with Crippen LogP contribution < -0.4 is 5.32 Å². The van der Waals surface area contributed by atoms with Crippen LogP contribution in [0.1, 0.15) is 6.42 Å². The van der Waals surface area contributed by atoms with E-state index in [9.17, 15) is 4.79 Å². The van der Waals surface area contributed by atoms with Gasteiger partial charge in [-0.3, -0.25) is 4.79 Å². The molecule has 0 unspecified atom stereocenters. The molecule has 0 spiro atoms. The summed E-state index contributed by atoms with van der Waals surface area (Å²) in [6.45, 7) is 2.89. The van der Waals surface area contributed by atoms with Crippen LogP contribution >= 0.6 is 0 Å². The third-order valence-electron chi connectivity index (χ3n) is 0.948. The van der Waals surface area contributed by atoms with Crippen molar-refractivity contribution in [3.8, 4) is 0 Å². The molecule has 8 heavy (non-hydrogen) atoms. The van der Waals surface area contributed by atoms with Crippen molar-refractivity contribution in [1.29, 1.82) is 0 Å². The molecule has 3 nitrogen and oxygen atoms in total. The van der Waals surface area contributed by atoms with Crippen molar-refractivity contribution < 1.29 is 9.53 Å². The molecule has 1 rings (SSSR count). The average molecular weight is 114 g/mol. The first-order valence-electron chi connectivity index (χ1n) is 2.61. The van der Waals surface area contributed by atoms with Crippen LogP contribution in [0.4, 0.5) is 0 Å². The molecule has 0 atom stereocenters. The first kappa shape index (κ1) is 5.56. The predicted molar refractivity (Wildman–Crippen MR) is 27.9 cm³/mol. The second kappa shape index (κ2) is 2.67. The Kier molecular flexibility index (Phi) is 1.86. The van der Waals surface area contributed by atoms with Crippen LogP contribution in [0.3, 0.4) is 0 Å². The van der Waals surface area contributed by atoms with Gasteiger partial charge < -0.3 is 10.1 Å². The van der Waals surface area contributed by atoms with Crippen LogP contribution in [0.5, 0.6) is 0 Å². The number of carbonyl (C=O) groups excluding carboxylic acids is 1. The molecule has 0 aliphatic carbocycles. The lowest BCUT2D eigenvalue weighted by Crippen LogP contribution is -2.14. The zero-order valence-corrected chi connectivity index (χ0v) is 4.52. The lowest BCUT2D eigenvalue weighted by molar-refractivity contribution is -0.139. The standard InChI is InChI=1S/C5H8NO2/c7-5-1-2-6-3-4-8-5/h4,6H,1-3H2. The maximum Gasteiger partial charge on any atom is 0.307 e. The fraction of sp³-hybridized carbons (Fsp3) is 0.600. The van der Waals surface area contributed by atoms with Gasteiger partial charge in [0.2, 0.25) is 0 Å². The molecule has 0 aromatic rings. The van der Waals surface area contributed by atoms with E-state index in [1.165, 1.54) is 6.61 Å². The Morgan fingerprint density at radius 2 is 2.62 bits per heavy atom. The van der Waals surface area contributed by atoms with Gasteiger partial charge in [0.05, 0.1) is 6.42 Å². The van der Waals surface area contributed by atoms with E-state index in [1.807, 2.05) is 0 Å². The first-order chi connectivity index (χ1) is 3.89. The van der Waals surface area contributed by atoms with E-state index < -0.39 is 0 Å². The second-order valence-corrected chi connectivity index (χ2v) is 1.61. The van der Waals surface area contributed by atoms with Crippen LogP contribution in [0.2, 0.25) is 0 Å². The van der Waals surface area contributed by atoms with Crippen molar-refractivity contribution >= 4 is 5.97 Å². The molecule has 1 radical (unpaired) electrons. The van der Waals surface area contributed by atoms with Gasteiger partial charge in [-0.05, 0) is 0 Å². The smallest absolute Gasteiger partial charge is 0.307 e. The number of esters is 1. The van der Waals surface area contributed by atoms with Crippen LogP contribution in [-0.2, 0) is 9.53 Å². The molecule has 1 heterocycles. The van der Waals surface area contributed by atoms with Crippen molar-refractivity contribution in [1.82, 2.24) is 5.32 Å². The topological polar surface area (TPSA) is 38.3 Å². The molecule has 1 aliphatic heterocycles. The predicted octanol–water partition coefficient (Wildman–Crippen LogP) is -0.315. The summed E-state index contributed by atoms with van der Waals surface area (Å²) in [5.74, 6) is -0.144. The fourth-order valence-corrected chi connectivity index (χ4v) is 0.545. The number of nitrogens with one attached hydrogen (secondary N) is 1. The minimum atomic E-state index is -0.144. The summed E-state index contributed by atoms with van der Waals surface area (Å²) < 4.78 is 4.58. The number of ether oxygens (including phenoxy) is 1. The van der Waals surface area contributed by atoms with E-state index >= 15 is 0 Å². The van der Waals surface area contributed by atoms with Crippen molar-refractivity contribution in [2.45, 2.75) is 6.42 Å². The molecule has 0 amide bonds. The molecule has 3 heteroatoms. The summed E-state index contributed by atoms with van der Waals surface area (Å²) in [6, 6.07) is 0. The molecular weight excluding hydrogens is 106 g/mol. The summed E-state index contributed by atoms with van der Waals surface area (Å²) >= 11 is 0. The van der Waals surface area contributed by atoms with Crippen LogP contribution in [0, 0.1) is 6.61 Å². The summed E-state index contributed by atoms with van der Waals surface area (Å²) in [4.78, 5) is 10.4. The highest BCUT2D eigenvalue weighted by Crippen LogP contribution is 1.91. The van der Waals surface area contributed by atoms with Crippen LogP contribution in [0.15, 0.2) is 0 Å². The Hall–Kier alpha value is -0.570. The third kappa shape index (κ3) is 1.50. The van der Waals surface area contributed by atoms with E-state index in [4.69, 9.17) is 0 Å². The quantitative estimate of drug-likeness (QED) is 0.439. The van der Waals surface area contributed by atoms with Crippen molar-refractivity contribution in [3.63, 3.8) is 0 Å². The second-order valence-electron chi connectivity index (χ2n) is 1.61. The van der Waals surface area contributed by atoms with Crippen molar-refractivity contribution in [2.75, 3.05) is 13.1 Å². The van der Waals surface area contributed by atoms with Gasteiger partial charge in [-0.2, -0.15) is 0 Å². The summed E-state index contributed by atoms with van der Waals surface area (Å²) in [5.41, 5.74) is 0. The van der Waals surface area contributed by atoms with Crippen LogP contribution in [0.25, 0.3) is 0 Å². The van der Waals surface area contributed by atoms with E-state index in [0.717, 1.165) is 6.54 Å². The molecular formula is C5H8NO2. The third-order valence-corrected chi connectivity index (χ3v) is 0.948. The maximum absolute atomic E-state index is 10.4. The number of hydrogen-bond donors (Lipinski definition) is 1. The number of hydrogen-bond acceptors (Lipinski definition) is 3. The van der Waals surface area contributed by atoms with Crippen molar-refractivity contribution in [2.24, 2.45) is 0 Å². The largest absolute Gasteiger partial charge is 0.457 e.